The van der Waals surface area contributed by atoms with Crippen molar-refractivity contribution in [1.82, 2.24) is 0 Å². The van der Waals surface area contributed by atoms with Crippen LogP contribution in [0.15, 0.2) is 60.7 Å². The second-order valence-corrected chi connectivity index (χ2v) is 4.47. The summed E-state index contributed by atoms with van der Waals surface area (Å²) < 4.78 is 10.2. The van der Waals surface area contributed by atoms with Gasteiger partial charge in [-0.25, -0.2) is 4.79 Å². The summed E-state index contributed by atoms with van der Waals surface area (Å²) in [7, 11) is 0. The van der Waals surface area contributed by atoms with Crippen LogP contribution in [-0.4, -0.2) is 18.0 Å². The van der Waals surface area contributed by atoms with Crippen LogP contribution in [0, 0.1) is 0 Å². The number of carbonyl (C=O) groups is 2. The Labute approximate surface area is 115 Å². The molecule has 2 aromatic rings. The smallest absolute Gasteiger partial charge is 0.422 e. The van der Waals surface area contributed by atoms with Crippen molar-refractivity contribution in [3.63, 3.8) is 0 Å². The van der Waals surface area contributed by atoms with Gasteiger partial charge in [0.15, 0.2) is 6.10 Å². The Kier molecular flexibility index (Phi) is 3.21. The number of benzene rings is 2. The van der Waals surface area contributed by atoms with Crippen molar-refractivity contribution in [1.29, 1.82) is 0 Å². The van der Waals surface area contributed by atoms with Gasteiger partial charge in [0, 0.05) is 5.56 Å². The Morgan fingerprint density at radius 2 is 1.45 bits per heavy atom. The van der Waals surface area contributed by atoms with Crippen LogP contribution < -0.4 is 0 Å². The largest absolute Gasteiger partial charge is 0.509 e. The number of cyclic esters (lactones) is 2. The van der Waals surface area contributed by atoms with Gasteiger partial charge in [0.2, 0.25) is 11.9 Å². The van der Waals surface area contributed by atoms with Crippen LogP contribution in [0.5, 0.6) is 0 Å². The first-order chi connectivity index (χ1) is 9.75. The topological polar surface area (TPSA) is 52.6 Å². The molecule has 2 aromatic carbocycles. The molecule has 0 bridgehead atoms. The molecule has 0 aliphatic carbocycles. The van der Waals surface area contributed by atoms with E-state index in [1.165, 1.54) is 0 Å². The van der Waals surface area contributed by atoms with Crippen LogP contribution >= 0.6 is 0 Å². The SMILES string of the molecule is O=C1OC(C(=O)c2ccccc2)C(c2ccccc2)O1. The molecule has 20 heavy (non-hydrogen) atoms. The third-order valence-corrected chi connectivity index (χ3v) is 3.17. The molecule has 4 nitrogen and oxygen atoms in total. The zero-order valence-corrected chi connectivity index (χ0v) is 10.6. The van der Waals surface area contributed by atoms with E-state index in [-0.39, 0.29) is 5.78 Å². The summed E-state index contributed by atoms with van der Waals surface area (Å²) in [5, 5.41) is 0. The third-order valence-electron chi connectivity index (χ3n) is 3.17. The fraction of sp³-hybridized carbons (Fsp3) is 0.125. The first-order valence-corrected chi connectivity index (χ1v) is 6.27. The summed E-state index contributed by atoms with van der Waals surface area (Å²) >= 11 is 0. The van der Waals surface area contributed by atoms with Crippen molar-refractivity contribution in [2.75, 3.05) is 0 Å². The van der Waals surface area contributed by atoms with Gasteiger partial charge in [-0.3, -0.25) is 4.79 Å². The molecule has 3 rings (SSSR count). The number of ether oxygens (including phenoxy) is 2. The molecule has 2 unspecified atom stereocenters. The molecule has 0 amide bonds. The second-order valence-electron chi connectivity index (χ2n) is 4.47. The summed E-state index contributed by atoms with van der Waals surface area (Å²) in [6, 6.07) is 17.8. The lowest BCUT2D eigenvalue weighted by Gasteiger charge is -2.14. The maximum Gasteiger partial charge on any atom is 0.509 e. The molecule has 1 aliphatic rings. The predicted octanol–water partition coefficient (Wildman–Crippen LogP) is 3.15. The highest BCUT2D eigenvalue weighted by Gasteiger charge is 2.42. The lowest BCUT2D eigenvalue weighted by atomic mass is 9.97. The second kappa shape index (κ2) is 5.17. The van der Waals surface area contributed by atoms with Crippen LogP contribution in [0.3, 0.4) is 0 Å². The molecule has 1 aliphatic heterocycles. The molecular weight excluding hydrogens is 256 g/mol. The maximum atomic E-state index is 12.4. The van der Waals surface area contributed by atoms with Crippen molar-refractivity contribution in [3.8, 4) is 0 Å². The van der Waals surface area contributed by atoms with Gasteiger partial charge >= 0.3 is 6.16 Å². The summed E-state index contributed by atoms with van der Waals surface area (Å²) in [6.07, 6.45) is -2.45. The van der Waals surface area contributed by atoms with E-state index in [0.717, 1.165) is 5.56 Å². The first kappa shape index (κ1) is 12.4. The summed E-state index contributed by atoms with van der Waals surface area (Å²) in [5.41, 5.74) is 1.24. The number of rotatable bonds is 3. The minimum absolute atomic E-state index is 0.259. The van der Waals surface area contributed by atoms with Crippen molar-refractivity contribution < 1.29 is 19.1 Å². The van der Waals surface area contributed by atoms with Gasteiger partial charge in [0.25, 0.3) is 0 Å². The third kappa shape index (κ3) is 2.28. The standard InChI is InChI=1S/C16H12O4/c17-13(11-7-3-1-4-8-11)15-14(19-16(18)20-15)12-9-5-2-6-10-12/h1-10,14-15H. The molecule has 100 valence electrons. The number of ketones is 1. The first-order valence-electron chi connectivity index (χ1n) is 6.27. The van der Waals surface area contributed by atoms with E-state index in [1.54, 1.807) is 36.4 Å². The molecule has 2 atom stereocenters. The highest BCUT2D eigenvalue weighted by molar-refractivity contribution is 6.01. The number of hydrogen-bond acceptors (Lipinski definition) is 4. The summed E-state index contributed by atoms with van der Waals surface area (Å²) in [6.45, 7) is 0. The van der Waals surface area contributed by atoms with Crippen LogP contribution in [0.25, 0.3) is 0 Å². The van der Waals surface area contributed by atoms with Crippen LogP contribution in [0.4, 0.5) is 4.79 Å². The van der Waals surface area contributed by atoms with Crippen LogP contribution in [0.2, 0.25) is 0 Å². The maximum absolute atomic E-state index is 12.4. The number of hydrogen-bond donors (Lipinski definition) is 0. The van der Waals surface area contributed by atoms with E-state index in [1.807, 2.05) is 24.3 Å². The fourth-order valence-electron chi connectivity index (χ4n) is 2.20. The van der Waals surface area contributed by atoms with Gasteiger partial charge in [-0.2, -0.15) is 0 Å². The molecule has 1 fully saturated rings. The lowest BCUT2D eigenvalue weighted by molar-refractivity contribution is 0.0716. The van der Waals surface area contributed by atoms with Gasteiger partial charge in [-0.05, 0) is 5.56 Å². The van der Waals surface area contributed by atoms with Gasteiger partial charge in [-0.1, -0.05) is 60.7 Å². The molecule has 4 heteroatoms. The fourth-order valence-corrected chi connectivity index (χ4v) is 2.20. The van der Waals surface area contributed by atoms with E-state index in [0.29, 0.717) is 5.56 Å². The van der Waals surface area contributed by atoms with Crippen molar-refractivity contribution in [2.24, 2.45) is 0 Å². The quantitative estimate of drug-likeness (QED) is 0.634. The average Bonchev–Trinajstić information content (AvgIpc) is 2.90. The Bertz CT molecular complexity index is 621. The zero-order valence-electron chi connectivity index (χ0n) is 10.6. The van der Waals surface area contributed by atoms with Crippen LogP contribution in [-0.2, 0) is 9.47 Å². The average molecular weight is 268 g/mol. The zero-order chi connectivity index (χ0) is 13.9. The number of Topliss-reactive ketones (excluding diaryl/α,β-unsaturated/α-hetero) is 1. The summed E-state index contributed by atoms with van der Waals surface area (Å²) in [5.74, 6) is -0.259. The normalized spacial score (nSPS) is 21.1. The Morgan fingerprint density at radius 3 is 2.10 bits per heavy atom. The minimum atomic E-state index is -0.938. The monoisotopic (exact) mass is 268 g/mol. The molecule has 0 aromatic heterocycles. The Morgan fingerprint density at radius 1 is 0.850 bits per heavy atom. The highest BCUT2D eigenvalue weighted by atomic mass is 16.8. The van der Waals surface area contributed by atoms with E-state index < -0.39 is 18.4 Å². The minimum Gasteiger partial charge on any atom is -0.422 e. The van der Waals surface area contributed by atoms with E-state index in [9.17, 15) is 9.59 Å². The Hall–Kier alpha value is -2.62. The van der Waals surface area contributed by atoms with Gasteiger partial charge < -0.3 is 9.47 Å². The van der Waals surface area contributed by atoms with Gasteiger partial charge in [0.05, 0.1) is 0 Å². The highest BCUT2D eigenvalue weighted by Crippen LogP contribution is 2.32. The van der Waals surface area contributed by atoms with Crippen molar-refractivity contribution in [3.05, 3.63) is 71.8 Å². The van der Waals surface area contributed by atoms with Crippen LogP contribution in [0.1, 0.15) is 22.0 Å². The van der Waals surface area contributed by atoms with Gasteiger partial charge in [-0.15, -0.1) is 0 Å². The van der Waals surface area contributed by atoms with E-state index in [2.05, 4.69) is 0 Å². The molecule has 0 radical (unpaired) electrons. The molecular formula is C16H12O4. The van der Waals surface area contributed by atoms with Crippen molar-refractivity contribution in [2.45, 2.75) is 12.2 Å². The molecule has 0 spiro atoms. The lowest BCUT2D eigenvalue weighted by Crippen LogP contribution is -2.26. The van der Waals surface area contributed by atoms with E-state index >= 15 is 0 Å². The summed E-state index contributed by atoms with van der Waals surface area (Å²) in [4.78, 5) is 23.8. The Balaban J connectivity index is 1.91. The van der Waals surface area contributed by atoms with Crippen molar-refractivity contribution >= 4 is 11.9 Å². The van der Waals surface area contributed by atoms with E-state index in [4.69, 9.17) is 9.47 Å². The molecule has 0 N–H and O–H groups in total. The molecule has 1 heterocycles. The number of carbonyl (C=O) groups excluding carboxylic acids is 2. The molecule has 0 saturated carbocycles. The predicted molar refractivity (Wildman–Crippen MR) is 71.3 cm³/mol. The van der Waals surface area contributed by atoms with Gasteiger partial charge in [0.1, 0.15) is 0 Å². The molecule has 1 saturated heterocycles.